The second kappa shape index (κ2) is 7.06. The van der Waals surface area contributed by atoms with Crippen LogP contribution in [0, 0.1) is 53.3 Å². The third-order valence-corrected chi connectivity index (χ3v) is 8.16. The van der Waals surface area contributed by atoms with Crippen molar-refractivity contribution >= 4 is 0 Å². The molecule has 3 fully saturated rings. The fraction of sp³-hybridized carbons (Fsp3) is 1.00. The fourth-order valence-electron chi connectivity index (χ4n) is 7.08. The van der Waals surface area contributed by atoms with Crippen LogP contribution in [0.3, 0.4) is 0 Å². The first-order valence-electron chi connectivity index (χ1n) is 10.7. The lowest BCUT2D eigenvalue weighted by molar-refractivity contribution is -0.00481. The Balaban J connectivity index is 1.85. The molecule has 134 valence electrons. The van der Waals surface area contributed by atoms with Crippen molar-refractivity contribution < 1.29 is 0 Å². The summed E-state index contributed by atoms with van der Waals surface area (Å²) in [6, 6.07) is 0.825. The zero-order valence-corrected chi connectivity index (χ0v) is 16.5. The van der Waals surface area contributed by atoms with E-state index in [0.717, 1.165) is 59.3 Å². The van der Waals surface area contributed by atoms with E-state index in [2.05, 4.69) is 46.9 Å². The molecule has 0 aromatic rings. The van der Waals surface area contributed by atoms with Crippen LogP contribution in [0.25, 0.3) is 0 Å². The lowest BCUT2D eigenvalue weighted by Gasteiger charge is -2.52. The summed E-state index contributed by atoms with van der Waals surface area (Å²) in [4.78, 5) is 0. The lowest BCUT2D eigenvalue weighted by atomic mass is 9.56. The van der Waals surface area contributed by atoms with E-state index in [1.54, 1.807) is 0 Å². The van der Waals surface area contributed by atoms with Crippen LogP contribution in [-0.2, 0) is 0 Å². The first kappa shape index (κ1) is 17.8. The molecule has 1 heterocycles. The summed E-state index contributed by atoms with van der Waals surface area (Å²) in [6.45, 7) is 16.4. The summed E-state index contributed by atoms with van der Waals surface area (Å²) in [5, 5.41) is 3.82. The van der Waals surface area contributed by atoms with Gasteiger partial charge in [-0.05, 0) is 85.5 Å². The molecule has 1 heteroatoms. The zero-order valence-electron chi connectivity index (χ0n) is 16.5. The van der Waals surface area contributed by atoms with E-state index in [9.17, 15) is 0 Å². The lowest BCUT2D eigenvalue weighted by Crippen LogP contribution is -2.60. The average molecular weight is 320 g/mol. The molecule has 1 saturated heterocycles. The first-order chi connectivity index (χ1) is 10.9. The van der Waals surface area contributed by atoms with Crippen LogP contribution in [-0.4, -0.2) is 12.6 Å². The topological polar surface area (TPSA) is 12.0 Å². The molecule has 0 aromatic heterocycles. The van der Waals surface area contributed by atoms with Gasteiger partial charge in [0.2, 0.25) is 0 Å². The van der Waals surface area contributed by atoms with Crippen LogP contribution in [0.1, 0.15) is 73.6 Å². The number of rotatable bonds is 2. The van der Waals surface area contributed by atoms with Crippen molar-refractivity contribution in [1.29, 1.82) is 0 Å². The van der Waals surface area contributed by atoms with E-state index < -0.39 is 0 Å². The summed E-state index contributed by atoms with van der Waals surface area (Å²) in [7, 11) is 0. The normalized spacial score (nSPS) is 51.0. The van der Waals surface area contributed by atoms with Crippen molar-refractivity contribution in [1.82, 2.24) is 5.32 Å². The molecular weight excluding hydrogens is 278 g/mol. The molecule has 2 bridgehead atoms. The van der Waals surface area contributed by atoms with Gasteiger partial charge < -0.3 is 5.32 Å². The highest BCUT2D eigenvalue weighted by Gasteiger charge is 2.45. The van der Waals surface area contributed by atoms with Crippen LogP contribution in [0.5, 0.6) is 0 Å². The van der Waals surface area contributed by atoms with E-state index in [-0.39, 0.29) is 0 Å². The van der Waals surface area contributed by atoms with Crippen molar-refractivity contribution in [3.8, 4) is 0 Å². The minimum Gasteiger partial charge on any atom is -0.313 e. The van der Waals surface area contributed by atoms with Crippen LogP contribution in [0.15, 0.2) is 0 Å². The molecule has 9 atom stereocenters. The van der Waals surface area contributed by atoms with Crippen LogP contribution in [0.2, 0.25) is 0 Å². The maximum atomic E-state index is 3.82. The van der Waals surface area contributed by atoms with Gasteiger partial charge in [-0.25, -0.2) is 0 Å². The van der Waals surface area contributed by atoms with E-state index >= 15 is 0 Å². The molecule has 0 spiro atoms. The Kier molecular flexibility index (Phi) is 5.46. The van der Waals surface area contributed by atoms with Crippen molar-refractivity contribution in [2.45, 2.75) is 79.7 Å². The Labute approximate surface area is 145 Å². The van der Waals surface area contributed by atoms with Gasteiger partial charge in [0.05, 0.1) is 0 Å². The number of hydrogen-bond acceptors (Lipinski definition) is 1. The SMILES string of the molecule is CCC1CC(C)C2CC(CC(C)C3CNC13)CC(C)C2C(C)C. The zero-order chi connectivity index (χ0) is 16.7. The molecule has 1 aliphatic heterocycles. The highest BCUT2D eigenvalue weighted by Crippen LogP contribution is 2.50. The second-order valence-corrected chi connectivity index (χ2v) is 9.99. The van der Waals surface area contributed by atoms with Crippen molar-refractivity contribution in [2.75, 3.05) is 6.54 Å². The summed E-state index contributed by atoms with van der Waals surface area (Å²) in [6.07, 6.45) is 7.35. The van der Waals surface area contributed by atoms with Gasteiger partial charge >= 0.3 is 0 Å². The molecule has 3 aliphatic rings. The van der Waals surface area contributed by atoms with Crippen molar-refractivity contribution in [3.05, 3.63) is 0 Å². The van der Waals surface area contributed by atoms with Crippen LogP contribution in [0.4, 0.5) is 0 Å². The fourth-order valence-corrected chi connectivity index (χ4v) is 7.08. The Morgan fingerprint density at radius 2 is 1.52 bits per heavy atom. The van der Waals surface area contributed by atoms with Crippen LogP contribution < -0.4 is 5.32 Å². The van der Waals surface area contributed by atoms with Crippen LogP contribution >= 0.6 is 0 Å². The smallest absolute Gasteiger partial charge is 0.0138 e. The van der Waals surface area contributed by atoms with Gasteiger partial charge in [-0.3, -0.25) is 0 Å². The Morgan fingerprint density at radius 3 is 2.09 bits per heavy atom. The number of fused-ring (bicyclic) bond motifs is 3. The predicted octanol–water partition coefficient (Wildman–Crippen LogP) is 5.60. The molecule has 0 amide bonds. The minimum absolute atomic E-state index is 0.825. The van der Waals surface area contributed by atoms with E-state index in [0.29, 0.717) is 0 Å². The average Bonchev–Trinajstić information content (AvgIpc) is 2.42. The highest BCUT2D eigenvalue weighted by atomic mass is 15.0. The largest absolute Gasteiger partial charge is 0.313 e. The molecular formula is C22H41N. The molecule has 9 unspecified atom stereocenters. The summed E-state index contributed by atoms with van der Waals surface area (Å²) >= 11 is 0. The first-order valence-corrected chi connectivity index (χ1v) is 10.7. The standard InChI is InChI=1S/C22H41N/c1-7-18-10-15(5)19-11-17(9-16(6)21(19)13(2)3)8-14(4)20-12-23-22(18)20/h13-23H,7-12H2,1-6H3. The molecule has 3 rings (SSSR count). The van der Waals surface area contributed by atoms with Crippen molar-refractivity contribution in [2.24, 2.45) is 53.3 Å². The van der Waals surface area contributed by atoms with Gasteiger partial charge in [0.25, 0.3) is 0 Å². The second-order valence-electron chi connectivity index (χ2n) is 9.99. The molecule has 0 aromatic carbocycles. The monoisotopic (exact) mass is 319 g/mol. The minimum atomic E-state index is 0.825. The van der Waals surface area contributed by atoms with Gasteiger partial charge in [0.1, 0.15) is 0 Å². The molecule has 0 radical (unpaired) electrons. The molecule has 1 N–H and O–H groups in total. The number of hydrogen-bond donors (Lipinski definition) is 1. The van der Waals surface area contributed by atoms with E-state index in [4.69, 9.17) is 0 Å². The van der Waals surface area contributed by atoms with Crippen molar-refractivity contribution in [3.63, 3.8) is 0 Å². The Morgan fingerprint density at radius 1 is 0.870 bits per heavy atom. The molecule has 1 nitrogen and oxygen atoms in total. The van der Waals surface area contributed by atoms with E-state index in [1.807, 2.05) is 0 Å². The Hall–Kier alpha value is -0.0400. The molecule has 2 saturated carbocycles. The molecule has 23 heavy (non-hydrogen) atoms. The highest BCUT2D eigenvalue weighted by molar-refractivity contribution is 4.99. The maximum absolute atomic E-state index is 3.82. The van der Waals surface area contributed by atoms with Gasteiger partial charge in [-0.1, -0.05) is 48.0 Å². The summed E-state index contributed by atoms with van der Waals surface area (Å²) in [5.74, 6) is 8.43. The molecule has 2 aliphatic carbocycles. The summed E-state index contributed by atoms with van der Waals surface area (Å²) < 4.78 is 0. The van der Waals surface area contributed by atoms with Gasteiger partial charge in [-0.15, -0.1) is 0 Å². The third kappa shape index (κ3) is 3.37. The van der Waals surface area contributed by atoms with E-state index in [1.165, 1.54) is 38.6 Å². The maximum Gasteiger partial charge on any atom is 0.0138 e. The third-order valence-electron chi connectivity index (χ3n) is 8.16. The number of nitrogens with one attached hydrogen (secondary N) is 1. The van der Waals surface area contributed by atoms with Gasteiger partial charge in [0, 0.05) is 6.04 Å². The predicted molar refractivity (Wildman–Crippen MR) is 100 cm³/mol. The summed E-state index contributed by atoms with van der Waals surface area (Å²) in [5.41, 5.74) is 0. The quantitative estimate of drug-likeness (QED) is 0.698. The van der Waals surface area contributed by atoms with Gasteiger partial charge in [0.15, 0.2) is 0 Å². The Bertz CT molecular complexity index is 389. The van der Waals surface area contributed by atoms with Gasteiger partial charge in [-0.2, -0.15) is 0 Å².